The van der Waals surface area contributed by atoms with Gasteiger partial charge in [0.15, 0.2) is 0 Å². The first kappa shape index (κ1) is 15.4. The molecule has 106 valence electrons. The Bertz CT molecular complexity index is 422. The summed E-state index contributed by atoms with van der Waals surface area (Å²) in [6.45, 7) is 7.38. The summed E-state index contributed by atoms with van der Waals surface area (Å²) in [5.74, 6) is 0.704. The monoisotopic (exact) mass is 267 g/mol. The van der Waals surface area contributed by atoms with Crippen molar-refractivity contribution in [1.29, 1.82) is 0 Å². The van der Waals surface area contributed by atoms with Crippen LogP contribution in [0.5, 0.6) is 0 Å². The van der Waals surface area contributed by atoms with Crippen LogP contribution in [0.3, 0.4) is 0 Å². The Balaban J connectivity index is 2.32. The summed E-state index contributed by atoms with van der Waals surface area (Å²) < 4.78 is 5.44. The van der Waals surface area contributed by atoms with Crippen LogP contribution in [0.4, 0.5) is 11.5 Å². The number of anilines is 1. The lowest BCUT2D eigenvalue weighted by Gasteiger charge is -2.09. The number of aryl methyl sites for hydroxylation is 1. The van der Waals surface area contributed by atoms with Gasteiger partial charge in [-0.2, -0.15) is 0 Å². The molecule has 19 heavy (non-hydrogen) atoms. The third kappa shape index (κ3) is 5.65. The number of nitrogens with zero attached hydrogens (tertiary/aromatic N) is 2. The zero-order chi connectivity index (χ0) is 14.3. The van der Waals surface area contributed by atoms with E-state index in [-0.39, 0.29) is 11.8 Å². The second kappa shape index (κ2) is 7.68. The van der Waals surface area contributed by atoms with E-state index in [9.17, 15) is 10.1 Å². The summed E-state index contributed by atoms with van der Waals surface area (Å²) in [5.41, 5.74) is 0.806. The third-order valence-corrected chi connectivity index (χ3v) is 2.59. The lowest BCUT2D eigenvalue weighted by molar-refractivity contribution is -0.385. The molecule has 0 aromatic carbocycles. The van der Waals surface area contributed by atoms with Gasteiger partial charge in [-0.1, -0.05) is 0 Å². The van der Waals surface area contributed by atoms with Crippen LogP contribution in [-0.4, -0.2) is 29.2 Å². The Morgan fingerprint density at radius 1 is 1.47 bits per heavy atom. The minimum atomic E-state index is -0.437. The van der Waals surface area contributed by atoms with Crippen LogP contribution in [-0.2, 0) is 4.74 Å². The second-order valence-electron chi connectivity index (χ2n) is 4.67. The van der Waals surface area contributed by atoms with E-state index in [4.69, 9.17) is 4.74 Å². The summed E-state index contributed by atoms with van der Waals surface area (Å²) in [6.07, 6.45) is 3.51. The second-order valence-corrected chi connectivity index (χ2v) is 4.67. The number of aromatic nitrogens is 1. The van der Waals surface area contributed by atoms with Crippen molar-refractivity contribution in [2.75, 3.05) is 18.5 Å². The molecular formula is C13H21N3O3. The summed E-state index contributed by atoms with van der Waals surface area (Å²) in [7, 11) is 0. The van der Waals surface area contributed by atoms with Gasteiger partial charge in [0.25, 0.3) is 5.69 Å². The number of ether oxygens (including phenoxy) is 1. The fourth-order valence-electron chi connectivity index (χ4n) is 1.60. The van der Waals surface area contributed by atoms with Gasteiger partial charge in [0, 0.05) is 19.2 Å². The van der Waals surface area contributed by atoms with E-state index in [1.165, 1.54) is 12.3 Å². The predicted octanol–water partition coefficient (Wildman–Crippen LogP) is 2.92. The fraction of sp³-hybridized carbons (Fsp3) is 0.615. The SMILES string of the molecule is Cc1cc([N+](=O)[O-])cnc1NCCCCOC(C)C. The van der Waals surface area contributed by atoms with Crippen molar-refractivity contribution in [2.24, 2.45) is 0 Å². The molecule has 0 saturated carbocycles. The molecule has 1 rings (SSSR count). The molecule has 0 aliphatic carbocycles. The average molecular weight is 267 g/mol. The molecule has 0 unspecified atom stereocenters. The van der Waals surface area contributed by atoms with Crippen LogP contribution in [0.25, 0.3) is 0 Å². The summed E-state index contributed by atoms with van der Waals surface area (Å²) in [4.78, 5) is 14.2. The van der Waals surface area contributed by atoms with Crippen LogP contribution in [0.15, 0.2) is 12.3 Å². The highest BCUT2D eigenvalue weighted by Gasteiger charge is 2.08. The Hall–Kier alpha value is -1.69. The van der Waals surface area contributed by atoms with Gasteiger partial charge in [-0.15, -0.1) is 0 Å². The largest absolute Gasteiger partial charge is 0.379 e. The summed E-state index contributed by atoms with van der Waals surface area (Å²) in [5, 5.41) is 13.8. The molecule has 0 bridgehead atoms. The number of nitro groups is 1. The maximum atomic E-state index is 10.6. The molecule has 0 aliphatic heterocycles. The number of hydrogen-bond acceptors (Lipinski definition) is 5. The highest BCUT2D eigenvalue weighted by atomic mass is 16.6. The number of unbranched alkanes of at least 4 members (excludes halogenated alkanes) is 1. The van der Waals surface area contributed by atoms with Gasteiger partial charge in [-0.25, -0.2) is 4.98 Å². The first-order valence-corrected chi connectivity index (χ1v) is 6.47. The quantitative estimate of drug-likeness (QED) is 0.445. The van der Waals surface area contributed by atoms with Gasteiger partial charge in [0.2, 0.25) is 0 Å². The molecule has 1 aromatic rings. The van der Waals surface area contributed by atoms with Gasteiger partial charge < -0.3 is 10.1 Å². The van der Waals surface area contributed by atoms with E-state index in [1.807, 2.05) is 20.8 Å². The molecule has 0 spiro atoms. The third-order valence-electron chi connectivity index (χ3n) is 2.59. The van der Waals surface area contributed by atoms with Crippen molar-refractivity contribution in [3.8, 4) is 0 Å². The first-order valence-electron chi connectivity index (χ1n) is 6.47. The maximum absolute atomic E-state index is 10.6. The van der Waals surface area contributed by atoms with E-state index in [1.54, 1.807) is 0 Å². The number of pyridine rings is 1. The summed E-state index contributed by atoms with van der Waals surface area (Å²) >= 11 is 0. The Morgan fingerprint density at radius 2 is 2.21 bits per heavy atom. The zero-order valence-electron chi connectivity index (χ0n) is 11.7. The Morgan fingerprint density at radius 3 is 2.79 bits per heavy atom. The first-order chi connectivity index (χ1) is 9.00. The van der Waals surface area contributed by atoms with Gasteiger partial charge in [-0.3, -0.25) is 10.1 Å². The molecule has 0 amide bonds. The van der Waals surface area contributed by atoms with Gasteiger partial charge in [-0.05, 0) is 39.2 Å². The Kier molecular flexibility index (Phi) is 6.21. The lowest BCUT2D eigenvalue weighted by atomic mass is 10.2. The van der Waals surface area contributed by atoms with Crippen LogP contribution >= 0.6 is 0 Å². The highest BCUT2D eigenvalue weighted by molar-refractivity contribution is 5.48. The van der Waals surface area contributed by atoms with E-state index in [0.717, 1.165) is 31.6 Å². The molecule has 1 aromatic heterocycles. The highest BCUT2D eigenvalue weighted by Crippen LogP contribution is 2.17. The Labute approximate surface area is 113 Å². The number of hydrogen-bond donors (Lipinski definition) is 1. The van der Waals surface area contributed by atoms with Crippen molar-refractivity contribution in [1.82, 2.24) is 4.98 Å². The fourth-order valence-corrected chi connectivity index (χ4v) is 1.60. The maximum Gasteiger partial charge on any atom is 0.287 e. The van der Waals surface area contributed by atoms with E-state index in [2.05, 4.69) is 10.3 Å². The van der Waals surface area contributed by atoms with Gasteiger partial charge in [0.05, 0.1) is 11.0 Å². The molecule has 0 fully saturated rings. The normalized spacial score (nSPS) is 10.7. The van der Waals surface area contributed by atoms with Gasteiger partial charge >= 0.3 is 0 Å². The molecule has 0 saturated heterocycles. The number of rotatable bonds is 8. The molecule has 1 heterocycles. The summed E-state index contributed by atoms with van der Waals surface area (Å²) in [6, 6.07) is 1.53. The molecule has 0 atom stereocenters. The average Bonchev–Trinajstić information content (AvgIpc) is 2.34. The van der Waals surface area contributed by atoms with Crippen molar-refractivity contribution in [2.45, 2.75) is 39.7 Å². The minimum Gasteiger partial charge on any atom is -0.379 e. The molecule has 6 nitrogen and oxygen atoms in total. The van der Waals surface area contributed by atoms with Crippen LogP contribution in [0.1, 0.15) is 32.3 Å². The van der Waals surface area contributed by atoms with Crippen LogP contribution in [0.2, 0.25) is 0 Å². The molecule has 0 radical (unpaired) electrons. The molecule has 0 aliphatic rings. The predicted molar refractivity (Wildman–Crippen MR) is 74.4 cm³/mol. The number of nitrogens with one attached hydrogen (secondary N) is 1. The van der Waals surface area contributed by atoms with Crippen molar-refractivity contribution < 1.29 is 9.66 Å². The molecule has 6 heteroatoms. The van der Waals surface area contributed by atoms with Crippen molar-refractivity contribution in [3.63, 3.8) is 0 Å². The molecular weight excluding hydrogens is 246 g/mol. The minimum absolute atomic E-state index is 0.0217. The van der Waals surface area contributed by atoms with E-state index >= 15 is 0 Å². The molecule has 1 N–H and O–H groups in total. The zero-order valence-corrected chi connectivity index (χ0v) is 11.7. The topological polar surface area (TPSA) is 77.3 Å². The van der Waals surface area contributed by atoms with Crippen molar-refractivity contribution >= 4 is 11.5 Å². The smallest absolute Gasteiger partial charge is 0.287 e. The van der Waals surface area contributed by atoms with Crippen molar-refractivity contribution in [3.05, 3.63) is 27.9 Å². The van der Waals surface area contributed by atoms with Gasteiger partial charge in [0.1, 0.15) is 12.0 Å². The lowest BCUT2D eigenvalue weighted by Crippen LogP contribution is -2.08. The standard InChI is InChI=1S/C13H21N3O3/c1-10(2)19-7-5-4-6-14-13-11(3)8-12(9-15-13)16(17)18/h8-10H,4-7H2,1-3H3,(H,14,15). The van der Waals surface area contributed by atoms with Crippen LogP contribution < -0.4 is 5.32 Å². The van der Waals surface area contributed by atoms with E-state index in [0.29, 0.717) is 5.82 Å². The van der Waals surface area contributed by atoms with E-state index < -0.39 is 4.92 Å². The van der Waals surface area contributed by atoms with Crippen LogP contribution in [0, 0.1) is 17.0 Å².